The number of carbonyl (C=O) groups is 2. The topological polar surface area (TPSA) is 84.2 Å². The molecule has 0 atom stereocenters. The van der Waals surface area contributed by atoms with Crippen molar-refractivity contribution in [2.24, 2.45) is 7.05 Å². The third-order valence-corrected chi connectivity index (χ3v) is 3.39. The first kappa shape index (κ1) is 15.8. The Morgan fingerprint density at radius 3 is 2.41 bits per heavy atom. The van der Waals surface area contributed by atoms with E-state index in [2.05, 4.69) is 10.4 Å². The Morgan fingerprint density at radius 1 is 1.27 bits per heavy atom. The van der Waals surface area contributed by atoms with Crippen LogP contribution < -0.4 is 5.32 Å². The summed E-state index contributed by atoms with van der Waals surface area (Å²) >= 11 is 0. The number of aromatic nitrogens is 2. The second-order valence-electron chi connectivity index (χ2n) is 5.42. The zero-order chi connectivity index (χ0) is 16.3. The highest BCUT2D eigenvalue weighted by atomic mass is 16.4. The first-order chi connectivity index (χ1) is 10.4. The van der Waals surface area contributed by atoms with Gasteiger partial charge in [-0.25, -0.2) is 4.79 Å². The van der Waals surface area contributed by atoms with Crippen molar-refractivity contribution in [3.63, 3.8) is 0 Å². The Kier molecular flexibility index (Phi) is 4.60. The predicted octanol–water partition coefficient (Wildman–Crippen LogP) is 2.17. The average molecular weight is 301 g/mol. The summed E-state index contributed by atoms with van der Waals surface area (Å²) in [6, 6.07) is 8.18. The highest BCUT2D eigenvalue weighted by Gasteiger charge is 2.14. The van der Waals surface area contributed by atoms with Gasteiger partial charge in [0, 0.05) is 19.3 Å². The quantitative estimate of drug-likeness (QED) is 0.886. The van der Waals surface area contributed by atoms with Gasteiger partial charge in [0.2, 0.25) is 0 Å². The lowest BCUT2D eigenvalue weighted by Crippen LogP contribution is -2.23. The van der Waals surface area contributed by atoms with Crippen LogP contribution in [0.4, 0.5) is 0 Å². The SMILES string of the molecule is CC(C)c1cc(C(=O)NCc2ccc(C(=O)O)cc2)nn1C. The van der Waals surface area contributed by atoms with E-state index in [0.717, 1.165) is 11.3 Å². The summed E-state index contributed by atoms with van der Waals surface area (Å²) in [5.41, 5.74) is 2.43. The van der Waals surface area contributed by atoms with Crippen LogP contribution >= 0.6 is 0 Å². The number of amides is 1. The lowest BCUT2D eigenvalue weighted by Gasteiger charge is -2.04. The molecule has 1 aromatic heterocycles. The minimum atomic E-state index is -0.967. The Bertz CT molecular complexity index is 687. The molecule has 1 heterocycles. The second kappa shape index (κ2) is 6.43. The van der Waals surface area contributed by atoms with Crippen LogP contribution in [0.15, 0.2) is 30.3 Å². The first-order valence-corrected chi connectivity index (χ1v) is 7.03. The van der Waals surface area contributed by atoms with E-state index in [-0.39, 0.29) is 11.5 Å². The maximum atomic E-state index is 12.1. The zero-order valence-electron chi connectivity index (χ0n) is 12.8. The minimum Gasteiger partial charge on any atom is -0.478 e. The molecule has 22 heavy (non-hydrogen) atoms. The van der Waals surface area contributed by atoms with Crippen molar-refractivity contribution >= 4 is 11.9 Å². The fraction of sp³-hybridized carbons (Fsp3) is 0.312. The van der Waals surface area contributed by atoms with E-state index >= 15 is 0 Å². The van der Waals surface area contributed by atoms with Gasteiger partial charge in [-0.2, -0.15) is 5.10 Å². The summed E-state index contributed by atoms with van der Waals surface area (Å²) in [7, 11) is 1.82. The van der Waals surface area contributed by atoms with Crippen LogP contribution in [0.25, 0.3) is 0 Å². The number of aromatic carboxylic acids is 1. The van der Waals surface area contributed by atoms with Gasteiger partial charge in [-0.05, 0) is 29.7 Å². The molecule has 6 nitrogen and oxygen atoms in total. The summed E-state index contributed by atoms with van der Waals surface area (Å²) in [4.78, 5) is 22.9. The van der Waals surface area contributed by atoms with Crippen LogP contribution in [0.5, 0.6) is 0 Å². The average Bonchev–Trinajstić information content (AvgIpc) is 2.87. The van der Waals surface area contributed by atoms with Crippen molar-refractivity contribution < 1.29 is 14.7 Å². The molecule has 1 amide bonds. The molecule has 116 valence electrons. The number of nitrogens with zero attached hydrogens (tertiary/aromatic N) is 2. The molecule has 2 rings (SSSR count). The fourth-order valence-corrected chi connectivity index (χ4v) is 2.17. The third-order valence-electron chi connectivity index (χ3n) is 3.39. The molecule has 6 heteroatoms. The van der Waals surface area contributed by atoms with Gasteiger partial charge in [-0.15, -0.1) is 0 Å². The Hall–Kier alpha value is -2.63. The summed E-state index contributed by atoms with van der Waals surface area (Å²) in [6.07, 6.45) is 0. The van der Waals surface area contributed by atoms with Crippen molar-refractivity contribution in [1.82, 2.24) is 15.1 Å². The van der Waals surface area contributed by atoms with Crippen molar-refractivity contribution in [2.45, 2.75) is 26.3 Å². The van der Waals surface area contributed by atoms with Crippen LogP contribution in [0.2, 0.25) is 0 Å². The number of carbonyl (C=O) groups excluding carboxylic acids is 1. The molecule has 0 saturated heterocycles. The Balaban J connectivity index is 2.00. The van der Waals surface area contributed by atoms with E-state index in [1.54, 1.807) is 22.9 Å². The minimum absolute atomic E-state index is 0.223. The summed E-state index contributed by atoms with van der Waals surface area (Å²) in [5.74, 6) is -0.919. The van der Waals surface area contributed by atoms with Gasteiger partial charge in [0.15, 0.2) is 0 Å². The lowest BCUT2D eigenvalue weighted by atomic mass is 10.1. The largest absolute Gasteiger partial charge is 0.478 e. The second-order valence-corrected chi connectivity index (χ2v) is 5.42. The van der Waals surface area contributed by atoms with Crippen molar-refractivity contribution in [3.05, 3.63) is 52.8 Å². The van der Waals surface area contributed by atoms with Gasteiger partial charge in [0.05, 0.1) is 5.56 Å². The van der Waals surface area contributed by atoms with Gasteiger partial charge in [0.1, 0.15) is 5.69 Å². The maximum Gasteiger partial charge on any atom is 0.335 e. The monoisotopic (exact) mass is 301 g/mol. The number of aryl methyl sites for hydroxylation is 1. The van der Waals surface area contributed by atoms with Gasteiger partial charge in [-0.1, -0.05) is 26.0 Å². The van der Waals surface area contributed by atoms with Crippen LogP contribution in [0.1, 0.15) is 51.9 Å². The van der Waals surface area contributed by atoms with Gasteiger partial charge in [0.25, 0.3) is 5.91 Å². The van der Waals surface area contributed by atoms with Crippen LogP contribution in [-0.4, -0.2) is 26.8 Å². The molecule has 0 unspecified atom stereocenters. The molecule has 0 radical (unpaired) electrons. The molecule has 0 aliphatic rings. The Labute approximate surface area is 128 Å². The van der Waals surface area contributed by atoms with E-state index < -0.39 is 5.97 Å². The standard InChI is InChI=1S/C16H19N3O3/c1-10(2)14-8-13(18-19(14)3)15(20)17-9-11-4-6-12(7-5-11)16(21)22/h4-8,10H,9H2,1-3H3,(H,17,20)(H,21,22). The molecular weight excluding hydrogens is 282 g/mol. The lowest BCUT2D eigenvalue weighted by molar-refractivity contribution is 0.0696. The van der Waals surface area contributed by atoms with Gasteiger partial charge in [-0.3, -0.25) is 9.48 Å². The molecular formula is C16H19N3O3. The van der Waals surface area contributed by atoms with E-state index in [9.17, 15) is 9.59 Å². The molecule has 0 saturated carbocycles. The van der Waals surface area contributed by atoms with Crippen LogP contribution in [-0.2, 0) is 13.6 Å². The van der Waals surface area contributed by atoms with Crippen molar-refractivity contribution in [1.29, 1.82) is 0 Å². The van der Waals surface area contributed by atoms with E-state index in [4.69, 9.17) is 5.11 Å². The number of nitrogens with one attached hydrogen (secondary N) is 1. The van der Waals surface area contributed by atoms with E-state index in [1.165, 1.54) is 12.1 Å². The van der Waals surface area contributed by atoms with Gasteiger partial charge >= 0.3 is 5.97 Å². The number of benzene rings is 1. The molecule has 2 N–H and O–H groups in total. The molecule has 2 aromatic rings. The summed E-state index contributed by atoms with van der Waals surface area (Å²) in [6.45, 7) is 4.41. The molecule has 0 aliphatic heterocycles. The van der Waals surface area contributed by atoms with Crippen LogP contribution in [0, 0.1) is 0 Å². The number of rotatable bonds is 5. The fourth-order valence-electron chi connectivity index (χ4n) is 2.17. The molecule has 0 fully saturated rings. The predicted molar refractivity (Wildman–Crippen MR) is 81.9 cm³/mol. The number of carboxylic acids is 1. The molecule has 0 bridgehead atoms. The number of carboxylic acid groups (broad SMARTS) is 1. The Morgan fingerprint density at radius 2 is 1.91 bits per heavy atom. The van der Waals surface area contributed by atoms with Crippen molar-refractivity contribution in [2.75, 3.05) is 0 Å². The summed E-state index contributed by atoms with van der Waals surface area (Å²) in [5, 5.41) is 15.8. The smallest absolute Gasteiger partial charge is 0.335 e. The molecule has 1 aromatic carbocycles. The number of hydrogen-bond acceptors (Lipinski definition) is 3. The molecule has 0 aliphatic carbocycles. The molecule has 0 spiro atoms. The van der Waals surface area contributed by atoms with Gasteiger partial charge < -0.3 is 10.4 Å². The number of hydrogen-bond donors (Lipinski definition) is 2. The normalized spacial score (nSPS) is 10.7. The van der Waals surface area contributed by atoms with Crippen molar-refractivity contribution in [3.8, 4) is 0 Å². The summed E-state index contributed by atoms with van der Waals surface area (Å²) < 4.78 is 1.71. The first-order valence-electron chi connectivity index (χ1n) is 7.03. The van der Waals surface area contributed by atoms with Crippen LogP contribution in [0.3, 0.4) is 0 Å². The highest BCUT2D eigenvalue weighted by molar-refractivity contribution is 5.92. The third kappa shape index (κ3) is 3.52. The zero-order valence-corrected chi connectivity index (χ0v) is 12.8. The maximum absolute atomic E-state index is 12.1. The van der Waals surface area contributed by atoms with E-state index in [0.29, 0.717) is 18.2 Å². The highest BCUT2D eigenvalue weighted by Crippen LogP contribution is 2.14. The van der Waals surface area contributed by atoms with E-state index in [1.807, 2.05) is 20.9 Å².